The highest BCUT2D eigenvalue weighted by Crippen LogP contribution is 2.35. The summed E-state index contributed by atoms with van der Waals surface area (Å²) in [5, 5.41) is 11.1. The summed E-state index contributed by atoms with van der Waals surface area (Å²) in [6.07, 6.45) is 6.82. The van der Waals surface area contributed by atoms with Crippen LogP contribution >= 0.6 is 0 Å². The van der Waals surface area contributed by atoms with Crippen LogP contribution in [0.3, 0.4) is 0 Å². The van der Waals surface area contributed by atoms with Gasteiger partial charge in [0.05, 0.1) is 11.9 Å². The molecular formula is C22H23F2N5O3. The van der Waals surface area contributed by atoms with Crippen molar-refractivity contribution in [2.45, 2.75) is 38.5 Å². The average molecular weight is 443 g/mol. The van der Waals surface area contributed by atoms with Crippen LogP contribution in [0.4, 0.5) is 8.78 Å². The van der Waals surface area contributed by atoms with E-state index in [-0.39, 0.29) is 24.2 Å². The molecular weight excluding hydrogens is 420 g/mol. The fourth-order valence-corrected chi connectivity index (χ4v) is 3.66. The van der Waals surface area contributed by atoms with Crippen molar-refractivity contribution in [3.63, 3.8) is 0 Å². The minimum atomic E-state index is -0.838. The monoisotopic (exact) mass is 443 g/mol. The SMILES string of the molecule is Cc1cnc(-c2nnc(C3CCC(CNC(=O)COc4ccc(F)cc4F)CC3)o2)cn1. The number of nitrogens with zero attached hydrogens (tertiary/aromatic N) is 4. The summed E-state index contributed by atoms with van der Waals surface area (Å²) in [5.74, 6) is -0.590. The Labute approximate surface area is 183 Å². The van der Waals surface area contributed by atoms with Gasteiger partial charge in [-0.25, -0.2) is 13.8 Å². The predicted molar refractivity (Wildman–Crippen MR) is 110 cm³/mol. The van der Waals surface area contributed by atoms with Crippen molar-refractivity contribution < 1.29 is 22.7 Å². The normalized spacial score (nSPS) is 18.3. The largest absolute Gasteiger partial charge is 0.481 e. The van der Waals surface area contributed by atoms with Crippen molar-refractivity contribution in [1.82, 2.24) is 25.5 Å². The maximum absolute atomic E-state index is 13.5. The van der Waals surface area contributed by atoms with Crippen LogP contribution in [0.15, 0.2) is 35.0 Å². The van der Waals surface area contributed by atoms with Gasteiger partial charge in [0, 0.05) is 24.7 Å². The van der Waals surface area contributed by atoms with E-state index in [4.69, 9.17) is 9.15 Å². The number of hydrogen-bond acceptors (Lipinski definition) is 7. The third-order valence-electron chi connectivity index (χ3n) is 5.48. The molecule has 0 aliphatic heterocycles. The van der Waals surface area contributed by atoms with Gasteiger partial charge in [-0.1, -0.05) is 0 Å². The van der Waals surface area contributed by atoms with Crippen LogP contribution in [-0.4, -0.2) is 39.2 Å². The van der Waals surface area contributed by atoms with Gasteiger partial charge < -0.3 is 14.5 Å². The van der Waals surface area contributed by atoms with E-state index in [1.54, 1.807) is 12.4 Å². The van der Waals surface area contributed by atoms with Crippen LogP contribution in [0.5, 0.6) is 5.75 Å². The summed E-state index contributed by atoms with van der Waals surface area (Å²) >= 11 is 0. The molecule has 1 aliphatic carbocycles. The Balaban J connectivity index is 1.20. The van der Waals surface area contributed by atoms with E-state index >= 15 is 0 Å². The van der Waals surface area contributed by atoms with Crippen molar-refractivity contribution in [1.29, 1.82) is 0 Å². The number of nitrogens with one attached hydrogen (secondary N) is 1. The molecule has 0 spiro atoms. The van der Waals surface area contributed by atoms with Crippen LogP contribution in [0.25, 0.3) is 11.6 Å². The third-order valence-corrected chi connectivity index (χ3v) is 5.48. The molecule has 0 unspecified atom stereocenters. The second-order valence-corrected chi connectivity index (χ2v) is 7.87. The molecule has 1 amide bonds. The standard InChI is InChI=1S/C22H23F2N5O3/c1-13-9-26-18(11-25-13)22-29-28-21(32-22)15-4-2-14(3-5-15)10-27-20(30)12-31-19-7-6-16(23)8-17(19)24/h6-9,11,14-15H,2-5,10,12H2,1H3,(H,27,30). The predicted octanol–water partition coefficient (Wildman–Crippen LogP) is 3.58. The Hall–Kier alpha value is -3.43. The zero-order valence-electron chi connectivity index (χ0n) is 17.6. The minimum Gasteiger partial charge on any atom is -0.481 e. The molecule has 8 nitrogen and oxygen atoms in total. The second kappa shape index (κ2) is 9.80. The van der Waals surface area contributed by atoms with Gasteiger partial charge in [0.25, 0.3) is 11.8 Å². The number of carbonyl (C=O) groups excluding carboxylic acids is 1. The van der Waals surface area contributed by atoms with Crippen LogP contribution in [0.1, 0.15) is 43.2 Å². The highest BCUT2D eigenvalue weighted by Gasteiger charge is 2.27. The van der Waals surface area contributed by atoms with E-state index in [1.165, 1.54) is 0 Å². The molecule has 168 valence electrons. The Morgan fingerprint density at radius 2 is 1.97 bits per heavy atom. The Kier molecular flexibility index (Phi) is 6.67. The van der Waals surface area contributed by atoms with Crippen molar-refractivity contribution in [2.24, 2.45) is 5.92 Å². The molecule has 1 aliphatic rings. The maximum atomic E-state index is 13.5. The number of hydrogen-bond donors (Lipinski definition) is 1. The van der Waals surface area contributed by atoms with Gasteiger partial charge >= 0.3 is 0 Å². The van der Waals surface area contributed by atoms with E-state index in [9.17, 15) is 13.6 Å². The number of ether oxygens (including phenoxy) is 1. The number of aromatic nitrogens is 4. The van der Waals surface area contributed by atoms with E-state index < -0.39 is 11.6 Å². The van der Waals surface area contributed by atoms with Crippen LogP contribution in [0.2, 0.25) is 0 Å². The van der Waals surface area contributed by atoms with Crippen molar-refractivity contribution >= 4 is 5.91 Å². The lowest BCUT2D eigenvalue weighted by atomic mass is 9.82. The molecule has 0 bridgehead atoms. The summed E-state index contributed by atoms with van der Waals surface area (Å²) in [6.45, 7) is 2.04. The first-order chi connectivity index (χ1) is 15.5. The molecule has 1 aromatic carbocycles. The molecule has 0 saturated heterocycles. The van der Waals surface area contributed by atoms with Crippen molar-refractivity contribution in [2.75, 3.05) is 13.2 Å². The van der Waals surface area contributed by atoms with E-state index in [0.717, 1.165) is 43.5 Å². The summed E-state index contributed by atoms with van der Waals surface area (Å²) < 4.78 is 37.4. The van der Waals surface area contributed by atoms with Crippen LogP contribution in [-0.2, 0) is 4.79 Å². The lowest BCUT2D eigenvalue weighted by Crippen LogP contribution is -2.34. The molecule has 1 fully saturated rings. The molecule has 4 rings (SSSR count). The van der Waals surface area contributed by atoms with Crippen LogP contribution < -0.4 is 10.1 Å². The van der Waals surface area contributed by atoms with Gasteiger partial charge in [0.2, 0.25) is 5.89 Å². The van der Waals surface area contributed by atoms with Crippen molar-refractivity contribution in [3.05, 3.63) is 53.8 Å². The van der Waals surface area contributed by atoms with E-state index in [2.05, 4.69) is 25.5 Å². The second-order valence-electron chi connectivity index (χ2n) is 7.87. The summed E-state index contributed by atoms with van der Waals surface area (Å²) in [4.78, 5) is 20.5. The summed E-state index contributed by atoms with van der Waals surface area (Å²) in [7, 11) is 0. The zero-order valence-corrected chi connectivity index (χ0v) is 17.6. The summed E-state index contributed by atoms with van der Waals surface area (Å²) in [6, 6.07) is 2.95. The topological polar surface area (TPSA) is 103 Å². The van der Waals surface area contributed by atoms with Crippen molar-refractivity contribution in [3.8, 4) is 17.3 Å². The molecule has 2 aromatic heterocycles. The fourth-order valence-electron chi connectivity index (χ4n) is 3.66. The first-order valence-electron chi connectivity index (χ1n) is 10.4. The zero-order chi connectivity index (χ0) is 22.5. The van der Waals surface area contributed by atoms with Gasteiger partial charge in [-0.2, -0.15) is 0 Å². The van der Waals surface area contributed by atoms with Gasteiger partial charge in [0.15, 0.2) is 18.2 Å². The minimum absolute atomic E-state index is 0.155. The lowest BCUT2D eigenvalue weighted by molar-refractivity contribution is -0.123. The molecule has 0 atom stereocenters. The smallest absolute Gasteiger partial charge is 0.267 e. The third kappa shape index (κ3) is 5.43. The number of carbonyl (C=O) groups is 1. The Morgan fingerprint density at radius 3 is 2.69 bits per heavy atom. The first-order valence-corrected chi connectivity index (χ1v) is 10.4. The lowest BCUT2D eigenvalue weighted by Gasteiger charge is -2.26. The molecule has 32 heavy (non-hydrogen) atoms. The maximum Gasteiger partial charge on any atom is 0.267 e. The number of halogens is 2. The molecule has 0 radical (unpaired) electrons. The highest BCUT2D eigenvalue weighted by atomic mass is 19.1. The summed E-state index contributed by atoms with van der Waals surface area (Å²) in [5.41, 5.74) is 1.36. The van der Waals surface area contributed by atoms with Gasteiger partial charge in [-0.15, -0.1) is 10.2 Å². The van der Waals surface area contributed by atoms with Gasteiger partial charge in [-0.05, 0) is 50.7 Å². The highest BCUT2D eigenvalue weighted by molar-refractivity contribution is 5.77. The first kappa shape index (κ1) is 21.8. The quantitative estimate of drug-likeness (QED) is 0.595. The van der Waals surface area contributed by atoms with Gasteiger partial charge in [-0.3, -0.25) is 9.78 Å². The molecule has 10 heteroatoms. The number of benzene rings is 1. The Morgan fingerprint density at radius 1 is 1.16 bits per heavy atom. The van der Waals surface area contributed by atoms with E-state index in [0.29, 0.717) is 36.0 Å². The average Bonchev–Trinajstić information content (AvgIpc) is 3.28. The number of rotatable bonds is 7. The van der Waals surface area contributed by atoms with E-state index in [1.807, 2.05) is 6.92 Å². The number of amides is 1. The van der Waals surface area contributed by atoms with Crippen LogP contribution in [0, 0.1) is 24.5 Å². The van der Waals surface area contributed by atoms with Gasteiger partial charge in [0.1, 0.15) is 11.5 Å². The molecule has 1 saturated carbocycles. The Bertz CT molecular complexity index is 1070. The molecule has 1 N–H and O–H groups in total. The molecule has 2 heterocycles. The molecule has 3 aromatic rings. The number of aryl methyl sites for hydroxylation is 1. The fraction of sp³-hybridized carbons (Fsp3) is 0.409.